The van der Waals surface area contributed by atoms with Crippen molar-refractivity contribution in [3.63, 3.8) is 0 Å². The number of nitrogens with zero attached hydrogens (tertiary/aromatic N) is 1. The van der Waals surface area contributed by atoms with E-state index in [0.717, 1.165) is 5.56 Å². The van der Waals surface area contributed by atoms with E-state index in [0.29, 0.717) is 21.4 Å². The Morgan fingerprint density at radius 3 is 2.36 bits per heavy atom. The van der Waals surface area contributed by atoms with Gasteiger partial charge in [0.25, 0.3) is 11.5 Å². The van der Waals surface area contributed by atoms with Gasteiger partial charge in [0, 0.05) is 27.6 Å². The van der Waals surface area contributed by atoms with Gasteiger partial charge in [0.15, 0.2) is 0 Å². The molecule has 0 aliphatic carbocycles. The number of primary amides is 1. The average molecular weight is 398 g/mol. The smallest absolute Gasteiger partial charge is 0.259 e. The molecule has 0 saturated heterocycles. The maximum absolute atomic E-state index is 12.8. The zero-order chi connectivity index (χ0) is 20.4. The van der Waals surface area contributed by atoms with Crippen molar-refractivity contribution >= 4 is 34.2 Å². The molecule has 2 amide bonds. The molecule has 2 atom stereocenters. The summed E-state index contributed by atoms with van der Waals surface area (Å²) in [5.41, 5.74) is 6.23. The molecule has 3 N–H and O–H groups in total. The van der Waals surface area contributed by atoms with Crippen LogP contribution in [0.25, 0.3) is 10.8 Å². The van der Waals surface area contributed by atoms with E-state index >= 15 is 0 Å². The molecule has 2 aromatic carbocycles. The normalized spacial score (nSPS) is 13.1. The van der Waals surface area contributed by atoms with Gasteiger partial charge in [-0.25, -0.2) is 0 Å². The van der Waals surface area contributed by atoms with Crippen LogP contribution in [0.15, 0.2) is 59.5 Å². The molecule has 0 aliphatic heterocycles. The van der Waals surface area contributed by atoms with E-state index in [2.05, 4.69) is 5.32 Å². The van der Waals surface area contributed by atoms with Gasteiger partial charge in [-0.05, 0) is 49.7 Å². The number of rotatable bonds is 5. The number of amides is 2. The molecule has 0 unspecified atom stereocenters. The minimum absolute atomic E-state index is 0.240. The van der Waals surface area contributed by atoms with Gasteiger partial charge in [0.05, 0.1) is 6.04 Å². The molecule has 0 spiro atoms. The Balaban J connectivity index is 1.95. The van der Waals surface area contributed by atoms with Crippen LogP contribution in [0.2, 0.25) is 5.02 Å². The van der Waals surface area contributed by atoms with E-state index in [1.807, 2.05) is 19.1 Å². The lowest BCUT2D eigenvalue weighted by Crippen LogP contribution is -2.32. The van der Waals surface area contributed by atoms with Gasteiger partial charge >= 0.3 is 0 Å². The van der Waals surface area contributed by atoms with Crippen molar-refractivity contribution in [2.24, 2.45) is 5.73 Å². The Morgan fingerprint density at radius 2 is 1.71 bits per heavy atom. The third kappa shape index (κ3) is 3.77. The number of carbonyl (C=O) groups excluding carboxylic acids is 2. The number of hydrogen-bond acceptors (Lipinski definition) is 3. The largest absolute Gasteiger partial charge is 0.368 e. The van der Waals surface area contributed by atoms with E-state index in [-0.39, 0.29) is 17.5 Å². The summed E-state index contributed by atoms with van der Waals surface area (Å²) in [6, 6.07) is 12.8. The number of aromatic nitrogens is 1. The summed E-state index contributed by atoms with van der Waals surface area (Å²) in [4.78, 5) is 37.0. The lowest BCUT2D eigenvalue weighted by atomic mass is 10.0. The zero-order valence-corrected chi connectivity index (χ0v) is 16.2. The van der Waals surface area contributed by atoms with E-state index < -0.39 is 11.9 Å². The summed E-state index contributed by atoms with van der Waals surface area (Å²) >= 11 is 5.90. The van der Waals surface area contributed by atoms with Crippen LogP contribution in [0.1, 0.15) is 41.9 Å². The maximum atomic E-state index is 12.8. The van der Waals surface area contributed by atoms with E-state index in [1.165, 1.54) is 10.8 Å². The van der Waals surface area contributed by atoms with Crippen LogP contribution in [-0.2, 0) is 4.79 Å². The summed E-state index contributed by atoms with van der Waals surface area (Å²) < 4.78 is 1.27. The highest BCUT2D eigenvalue weighted by Crippen LogP contribution is 2.20. The molecule has 0 saturated carbocycles. The molecule has 7 heteroatoms. The Morgan fingerprint density at radius 1 is 1.04 bits per heavy atom. The second kappa shape index (κ2) is 7.86. The minimum Gasteiger partial charge on any atom is -0.368 e. The highest BCUT2D eigenvalue weighted by molar-refractivity contribution is 6.30. The molecule has 0 fully saturated rings. The number of nitrogens with one attached hydrogen (secondary N) is 1. The standard InChI is InChI=1S/C21H20ClN3O3/c1-12(14-6-8-15(22)9-7-14)24-20(27)17-4-3-5-18-16(17)10-11-25(21(18)28)13(2)19(23)26/h3-13H,1-2H3,(H2,23,26)(H,24,27)/t12-,13-/m0/s1. The quantitative estimate of drug-likeness (QED) is 0.692. The van der Waals surface area contributed by atoms with E-state index in [1.54, 1.807) is 43.3 Å². The summed E-state index contributed by atoms with van der Waals surface area (Å²) in [7, 11) is 0. The molecule has 0 radical (unpaired) electrons. The predicted octanol–water partition coefficient (Wildman–Crippen LogP) is 3.19. The molecule has 1 aromatic heterocycles. The first-order chi connectivity index (χ1) is 13.3. The van der Waals surface area contributed by atoms with Gasteiger partial charge in [-0.2, -0.15) is 0 Å². The van der Waals surface area contributed by atoms with E-state index in [4.69, 9.17) is 17.3 Å². The summed E-state index contributed by atoms with van der Waals surface area (Å²) in [5.74, 6) is -0.903. The fourth-order valence-corrected chi connectivity index (χ4v) is 3.17. The number of hydrogen-bond donors (Lipinski definition) is 2. The Labute approximate surface area is 166 Å². The molecular formula is C21H20ClN3O3. The third-order valence-corrected chi connectivity index (χ3v) is 5.02. The second-order valence-electron chi connectivity index (χ2n) is 6.62. The third-order valence-electron chi connectivity index (χ3n) is 4.76. The van der Waals surface area contributed by atoms with Crippen molar-refractivity contribution in [3.8, 4) is 0 Å². The van der Waals surface area contributed by atoms with Gasteiger partial charge in [-0.3, -0.25) is 14.4 Å². The van der Waals surface area contributed by atoms with Crippen molar-refractivity contribution in [1.29, 1.82) is 0 Å². The highest BCUT2D eigenvalue weighted by atomic mass is 35.5. The first kappa shape index (κ1) is 19.6. The van der Waals surface area contributed by atoms with Crippen molar-refractivity contribution in [1.82, 2.24) is 9.88 Å². The van der Waals surface area contributed by atoms with Crippen LogP contribution >= 0.6 is 11.6 Å². The number of fused-ring (bicyclic) bond motifs is 1. The lowest BCUT2D eigenvalue weighted by Gasteiger charge is -2.16. The second-order valence-corrected chi connectivity index (χ2v) is 7.06. The topological polar surface area (TPSA) is 94.2 Å². The number of halogens is 1. The maximum Gasteiger partial charge on any atom is 0.259 e. The number of carbonyl (C=O) groups is 2. The van der Waals surface area contributed by atoms with Crippen molar-refractivity contribution in [2.75, 3.05) is 0 Å². The van der Waals surface area contributed by atoms with Crippen LogP contribution in [0.3, 0.4) is 0 Å². The molecule has 144 valence electrons. The molecule has 0 aliphatic rings. The first-order valence-corrected chi connectivity index (χ1v) is 9.17. The molecule has 3 rings (SSSR count). The molecule has 6 nitrogen and oxygen atoms in total. The Hall–Kier alpha value is -3.12. The van der Waals surface area contributed by atoms with Gasteiger partial charge in [0.1, 0.15) is 6.04 Å². The average Bonchev–Trinajstić information content (AvgIpc) is 2.67. The molecule has 1 heterocycles. The van der Waals surface area contributed by atoms with Crippen LogP contribution in [-0.4, -0.2) is 16.4 Å². The Kier molecular flexibility index (Phi) is 5.51. The molecule has 0 bridgehead atoms. The SMILES string of the molecule is C[C@H](NC(=O)c1cccc2c(=O)n([C@@H](C)C(N)=O)ccc12)c1ccc(Cl)cc1. The van der Waals surface area contributed by atoms with Gasteiger partial charge < -0.3 is 15.6 Å². The molecular weight excluding hydrogens is 378 g/mol. The lowest BCUT2D eigenvalue weighted by molar-refractivity contribution is -0.120. The summed E-state index contributed by atoms with van der Waals surface area (Å²) in [6.07, 6.45) is 1.49. The van der Waals surface area contributed by atoms with Crippen LogP contribution < -0.4 is 16.6 Å². The van der Waals surface area contributed by atoms with Crippen LogP contribution in [0.4, 0.5) is 0 Å². The van der Waals surface area contributed by atoms with Crippen molar-refractivity contribution in [2.45, 2.75) is 25.9 Å². The minimum atomic E-state index is -0.778. The number of nitrogens with two attached hydrogens (primary N) is 1. The zero-order valence-electron chi connectivity index (χ0n) is 15.5. The predicted molar refractivity (Wildman–Crippen MR) is 109 cm³/mol. The van der Waals surface area contributed by atoms with Gasteiger partial charge in [0.2, 0.25) is 5.91 Å². The van der Waals surface area contributed by atoms with Gasteiger partial charge in [-0.1, -0.05) is 29.8 Å². The van der Waals surface area contributed by atoms with E-state index in [9.17, 15) is 14.4 Å². The first-order valence-electron chi connectivity index (χ1n) is 8.79. The fraction of sp³-hybridized carbons (Fsp3) is 0.190. The van der Waals surface area contributed by atoms with Crippen LogP contribution in [0, 0.1) is 0 Å². The summed E-state index contributed by atoms with van der Waals surface area (Å²) in [5, 5.41) is 4.42. The van der Waals surface area contributed by atoms with Gasteiger partial charge in [-0.15, -0.1) is 0 Å². The molecule has 28 heavy (non-hydrogen) atoms. The highest BCUT2D eigenvalue weighted by Gasteiger charge is 2.18. The Bertz CT molecular complexity index is 1110. The monoisotopic (exact) mass is 397 g/mol. The number of benzene rings is 2. The van der Waals surface area contributed by atoms with Crippen LogP contribution in [0.5, 0.6) is 0 Å². The van der Waals surface area contributed by atoms with Crippen molar-refractivity contribution in [3.05, 3.63) is 81.2 Å². The fourth-order valence-electron chi connectivity index (χ4n) is 3.04. The molecule has 3 aromatic rings. The van der Waals surface area contributed by atoms with Crippen molar-refractivity contribution < 1.29 is 9.59 Å². The number of pyridine rings is 1. The summed E-state index contributed by atoms with van der Waals surface area (Å²) in [6.45, 7) is 3.42.